The van der Waals surface area contributed by atoms with E-state index in [4.69, 9.17) is 9.47 Å². The Morgan fingerprint density at radius 1 is 1.12 bits per heavy atom. The number of benzene rings is 1. The van der Waals surface area contributed by atoms with Crippen molar-refractivity contribution in [2.75, 3.05) is 20.3 Å². The number of methoxy groups -OCH3 is 1. The van der Waals surface area contributed by atoms with Crippen molar-refractivity contribution >= 4 is 17.2 Å². The van der Waals surface area contributed by atoms with Gasteiger partial charge in [-0.1, -0.05) is 13.8 Å². The number of aryl methyl sites for hydroxylation is 1. The van der Waals surface area contributed by atoms with Crippen molar-refractivity contribution in [3.05, 3.63) is 58.4 Å². The van der Waals surface area contributed by atoms with E-state index < -0.39 is 0 Å². The number of hydrogen-bond acceptors (Lipinski definition) is 7. The maximum absolute atomic E-state index is 13.1. The molecular formula is C24H30N4O3S. The van der Waals surface area contributed by atoms with Gasteiger partial charge in [0.1, 0.15) is 10.8 Å². The molecule has 7 nitrogen and oxygen atoms in total. The highest BCUT2D eigenvalue weighted by molar-refractivity contribution is 7.15. The lowest BCUT2D eigenvalue weighted by molar-refractivity contribution is 0.0938. The Hall–Kier alpha value is -2.84. The molecule has 0 saturated heterocycles. The van der Waals surface area contributed by atoms with Crippen LogP contribution in [-0.4, -0.2) is 41.4 Å². The van der Waals surface area contributed by atoms with E-state index in [9.17, 15) is 4.79 Å². The summed E-state index contributed by atoms with van der Waals surface area (Å²) in [6.45, 7) is 9.17. The molecule has 3 aromatic rings. The molecule has 0 fully saturated rings. The highest BCUT2D eigenvalue weighted by Gasteiger charge is 2.17. The number of carbonyl (C=O) groups is 1. The van der Waals surface area contributed by atoms with Crippen molar-refractivity contribution in [1.29, 1.82) is 0 Å². The number of nitrogens with one attached hydrogen (secondary N) is 1. The fourth-order valence-electron chi connectivity index (χ4n) is 3.01. The molecule has 1 atom stereocenters. The molecular weight excluding hydrogens is 424 g/mol. The largest absolute Gasteiger partial charge is 0.493 e. The Bertz CT molecular complexity index is 1030. The van der Waals surface area contributed by atoms with Gasteiger partial charge in [-0.3, -0.25) is 4.79 Å². The topological polar surface area (TPSA) is 86.2 Å². The summed E-state index contributed by atoms with van der Waals surface area (Å²) in [5.41, 5.74) is 2.91. The zero-order valence-corrected chi connectivity index (χ0v) is 20.0. The smallest absolute Gasteiger partial charge is 0.251 e. The fourth-order valence-corrected chi connectivity index (χ4v) is 3.92. The minimum atomic E-state index is -0.280. The first kappa shape index (κ1) is 23.8. The monoisotopic (exact) mass is 454 g/mol. The summed E-state index contributed by atoms with van der Waals surface area (Å²) >= 11 is 1.63. The molecule has 0 aliphatic carbocycles. The lowest BCUT2D eigenvalue weighted by Gasteiger charge is -2.15. The van der Waals surface area contributed by atoms with Crippen molar-refractivity contribution in [2.45, 2.75) is 46.1 Å². The van der Waals surface area contributed by atoms with Gasteiger partial charge < -0.3 is 14.8 Å². The maximum Gasteiger partial charge on any atom is 0.251 e. The summed E-state index contributed by atoms with van der Waals surface area (Å²) in [5.74, 6) is 0.825. The molecule has 0 spiro atoms. The molecule has 32 heavy (non-hydrogen) atoms. The molecule has 0 bridgehead atoms. The molecule has 2 heterocycles. The van der Waals surface area contributed by atoms with Crippen LogP contribution in [-0.2, 0) is 4.74 Å². The second kappa shape index (κ2) is 11.2. The summed E-state index contributed by atoms with van der Waals surface area (Å²) < 4.78 is 11.0. The van der Waals surface area contributed by atoms with Gasteiger partial charge in [-0.15, -0.1) is 11.3 Å². The maximum atomic E-state index is 13.1. The third-order valence-corrected chi connectivity index (χ3v) is 6.23. The number of aromatic nitrogens is 3. The zero-order valence-electron chi connectivity index (χ0n) is 19.2. The number of hydrogen-bond donors (Lipinski definition) is 1. The Labute approximate surface area is 193 Å². The first-order valence-corrected chi connectivity index (χ1v) is 11.5. The number of nitrogens with zero attached hydrogens (tertiary/aromatic N) is 3. The normalized spacial score (nSPS) is 12.1. The number of amides is 1. The molecule has 2 aromatic heterocycles. The van der Waals surface area contributed by atoms with E-state index in [1.165, 1.54) is 4.88 Å². The predicted octanol–water partition coefficient (Wildman–Crippen LogP) is 4.94. The van der Waals surface area contributed by atoms with Gasteiger partial charge >= 0.3 is 0 Å². The fraction of sp³-hybridized carbons (Fsp3) is 0.417. The lowest BCUT2D eigenvalue weighted by Crippen LogP contribution is -2.27. The first-order valence-electron chi connectivity index (χ1n) is 10.7. The third kappa shape index (κ3) is 6.34. The molecule has 0 saturated carbocycles. The second-order valence-electron chi connectivity index (χ2n) is 7.96. The van der Waals surface area contributed by atoms with E-state index in [0.717, 1.165) is 22.7 Å². The highest BCUT2D eigenvalue weighted by Crippen LogP contribution is 2.32. The van der Waals surface area contributed by atoms with Crippen LogP contribution in [0.15, 0.2) is 36.5 Å². The van der Waals surface area contributed by atoms with E-state index in [1.54, 1.807) is 24.5 Å². The summed E-state index contributed by atoms with van der Waals surface area (Å²) in [6, 6.07) is 9.02. The van der Waals surface area contributed by atoms with Crippen molar-refractivity contribution in [3.8, 4) is 16.3 Å². The van der Waals surface area contributed by atoms with Crippen LogP contribution < -0.4 is 10.1 Å². The highest BCUT2D eigenvalue weighted by atomic mass is 32.1. The van der Waals surface area contributed by atoms with Crippen molar-refractivity contribution in [3.63, 3.8) is 0 Å². The average molecular weight is 455 g/mol. The van der Waals surface area contributed by atoms with Crippen LogP contribution in [0.3, 0.4) is 0 Å². The molecule has 1 aromatic carbocycles. The minimum absolute atomic E-state index is 0.205. The van der Waals surface area contributed by atoms with Crippen LogP contribution >= 0.6 is 11.3 Å². The first-order chi connectivity index (χ1) is 15.4. The van der Waals surface area contributed by atoms with Crippen LogP contribution in [0.2, 0.25) is 0 Å². The zero-order chi connectivity index (χ0) is 23.1. The van der Waals surface area contributed by atoms with Crippen LogP contribution in [0.1, 0.15) is 65.8 Å². The summed E-state index contributed by atoms with van der Waals surface area (Å²) in [4.78, 5) is 18.8. The van der Waals surface area contributed by atoms with Gasteiger partial charge in [0, 0.05) is 42.3 Å². The Morgan fingerprint density at radius 3 is 2.59 bits per heavy atom. The summed E-state index contributed by atoms with van der Waals surface area (Å²) in [7, 11) is 1.66. The van der Waals surface area contributed by atoms with Gasteiger partial charge in [-0.05, 0) is 50.1 Å². The second-order valence-corrected chi connectivity index (χ2v) is 9.02. The van der Waals surface area contributed by atoms with Crippen LogP contribution in [0.4, 0.5) is 0 Å². The van der Waals surface area contributed by atoms with E-state index >= 15 is 0 Å². The lowest BCUT2D eigenvalue weighted by atomic mass is 10.1. The number of ether oxygens (including phenoxy) is 2. The summed E-state index contributed by atoms with van der Waals surface area (Å²) in [5, 5.41) is 12.1. The van der Waals surface area contributed by atoms with Crippen molar-refractivity contribution in [1.82, 2.24) is 20.5 Å². The molecule has 0 aliphatic rings. The van der Waals surface area contributed by atoms with Crippen LogP contribution in [0.5, 0.6) is 5.75 Å². The average Bonchev–Trinajstić information content (AvgIpc) is 3.28. The molecule has 0 radical (unpaired) electrons. The van der Waals surface area contributed by atoms with E-state index in [0.29, 0.717) is 36.1 Å². The van der Waals surface area contributed by atoms with Crippen molar-refractivity contribution < 1.29 is 14.3 Å². The minimum Gasteiger partial charge on any atom is -0.493 e. The third-order valence-electron chi connectivity index (χ3n) is 4.88. The number of rotatable bonds is 10. The molecule has 0 aliphatic heterocycles. The molecule has 3 rings (SSSR count). The summed E-state index contributed by atoms with van der Waals surface area (Å²) in [6.07, 6.45) is 2.66. The van der Waals surface area contributed by atoms with Gasteiger partial charge in [0.15, 0.2) is 0 Å². The Morgan fingerprint density at radius 2 is 1.94 bits per heavy atom. The predicted molar refractivity (Wildman–Crippen MR) is 126 cm³/mol. The molecule has 1 amide bonds. The van der Waals surface area contributed by atoms with Gasteiger partial charge in [-0.25, -0.2) is 4.98 Å². The molecule has 1 N–H and O–H groups in total. The van der Waals surface area contributed by atoms with E-state index in [2.05, 4.69) is 34.3 Å². The standard InChI is InChI=1S/C24H30N4O3S/c1-15(2)22-14-25-24(32-22)19-11-18(12-20(13-19)31-10-6-9-30-5)23(29)26-17(4)21-8-7-16(3)27-28-21/h7-8,11-15,17H,6,9-10H2,1-5H3,(H,26,29)/t17-/m1/s1. The van der Waals surface area contributed by atoms with Gasteiger partial charge in [0.05, 0.1) is 24.0 Å². The quantitative estimate of drug-likeness (QED) is 0.437. The molecule has 0 unspecified atom stereocenters. The van der Waals surface area contributed by atoms with Gasteiger partial charge in [-0.2, -0.15) is 10.2 Å². The SMILES string of the molecule is COCCCOc1cc(C(=O)N[C@H](C)c2ccc(C)nn2)cc(-c2ncc(C(C)C)s2)c1. The van der Waals surface area contributed by atoms with E-state index in [-0.39, 0.29) is 11.9 Å². The van der Waals surface area contributed by atoms with Gasteiger partial charge in [0.25, 0.3) is 5.91 Å². The Balaban J connectivity index is 1.84. The van der Waals surface area contributed by atoms with Crippen LogP contribution in [0.25, 0.3) is 10.6 Å². The Kier molecular flexibility index (Phi) is 8.30. The number of thiazole rings is 1. The van der Waals surface area contributed by atoms with Crippen molar-refractivity contribution in [2.24, 2.45) is 0 Å². The molecule has 8 heteroatoms. The van der Waals surface area contributed by atoms with Crippen LogP contribution in [0, 0.1) is 6.92 Å². The van der Waals surface area contributed by atoms with E-state index in [1.807, 2.05) is 44.3 Å². The van der Waals surface area contributed by atoms with Gasteiger partial charge in [0.2, 0.25) is 0 Å². The number of carbonyl (C=O) groups excluding carboxylic acids is 1. The molecule has 170 valence electrons.